The number of sulfonamides is 1. The first-order valence-corrected chi connectivity index (χ1v) is 9.32. The first-order valence-electron chi connectivity index (χ1n) is 7.47. The number of hydrogen-bond donors (Lipinski definition) is 0. The molecule has 0 aliphatic carbocycles. The second-order valence-corrected chi connectivity index (χ2v) is 8.72. The molecule has 0 saturated carbocycles. The van der Waals surface area contributed by atoms with Crippen molar-refractivity contribution in [2.24, 2.45) is 5.41 Å². The van der Waals surface area contributed by atoms with Crippen LogP contribution in [0.15, 0.2) is 0 Å². The molecule has 0 aromatic heterocycles. The summed E-state index contributed by atoms with van der Waals surface area (Å²) in [4.78, 5) is 2.53. The summed E-state index contributed by atoms with van der Waals surface area (Å²) in [5.41, 5.74) is 0.286. The van der Waals surface area contributed by atoms with E-state index in [1.54, 1.807) is 11.4 Å². The Hall–Kier alpha value is -0.170. The van der Waals surface area contributed by atoms with E-state index in [0.29, 0.717) is 25.2 Å². The van der Waals surface area contributed by atoms with Crippen molar-refractivity contribution in [2.75, 3.05) is 39.6 Å². The average molecular weight is 304 g/mol. The predicted octanol–water partition coefficient (Wildman–Crippen LogP) is 1.16. The Kier molecular flexibility index (Phi) is 4.79. The van der Waals surface area contributed by atoms with Gasteiger partial charge < -0.3 is 4.74 Å². The van der Waals surface area contributed by atoms with Crippen LogP contribution in [0.4, 0.5) is 0 Å². The zero-order valence-electron chi connectivity index (χ0n) is 13.1. The largest absolute Gasteiger partial charge is 0.383 e. The first-order chi connectivity index (χ1) is 9.27. The van der Waals surface area contributed by atoms with Crippen LogP contribution in [0, 0.1) is 5.41 Å². The highest BCUT2D eigenvalue weighted by Crippen LogP contribution is 2.44. The number of methoxy groups -OCH3 is 1. The van der Waals surface area contributed by atoms with Gasteiger partial charge in [-0.1, -0.05) is 0 Å². The fourth-order valence-electron chi connectivity index (χ4n) is 3.80. The molecule has 2 aliphatic rings. The molecule has 0 unspecified atom stereocenters. The van der Waals surface area contributed by atoms with Crippen LogP contribution in [-0.2, 0) is 14.8 Å². The van der Waals surface area contributed by atoms with Gasteiger partial charge in [-0.15, -0.1) is 0 Å². The van der Waals surface area contributed by atoms with E-state index in [0.717, 1.165) is 32.4 Å². The van der Waals surface area contributed by atoms with Gasteiger partial charge in [-0.3, -0.25) is 4.90 Å². The Balaban J connectivity index is 2.04. The topological polar surface area (TPSA) is 49.9 Å². The fourth-order valence-corrected chi connectivity index (χ4v) is 4.65. The van der Waals surface area contributed by atoms with Gasteiger partial charge in [0.2, 0.25) is 10.0 Å². The van der Waals surface area contributed by atoms with Crippen LogP contribution < -0.4 is 0 Å². The Morgan fingerprint density at radius 1 is 1.30 bits per heavy atom. The number of rotatable bonds is 4. The van der Waals surface area contributed by atoms with Gasteiger partial charge >= 0.3 is 0 Å². The molecule has 20 heavy (non-hydrogen) atoms. The van der Waals surface area contributed by atoms with Gasteiger partial charge in [0.15, 0.2) is 0 Å². The average Bonchev–Trinajstić information content (AvgIpc) is 2.68. The van der Waals surface area contributed by atoms with Crippen molar-refractivity contribution in [3.8, 4) is 0 Å². The number of nitrogens with zero attached hydrogens (tertiary/aromatic N) is 2. The number of hydrogen-bond acceptors (Lipinski definition) is 4. The molecule has 118 valence electrons. The third-order valence-electron chi connectivity index (χ3n) is 4.93. The molecular formula is C14H28N2O3S. The minimum Gasteiger partial charge on any atom is -0.383 e. The molecule has 1 spiro atoms. The standard InChI is InChI=1S/C14H28N2O3S/c1-12(2)16-11-14(9-13(16)10-19-3)5-7-15(8-6-14)20(4,17)18/h12-13H,5-11H2,1-4H3/t13-/m0/s1. The van der Waals surface area contributed by atoms with Crippen molar-refractivity contribution in [3.63, 3.8) is 0 Å². The molecule has 2 fully saturated rings. The van der Waals surface area contributed by atoms with E-state index in [1.165, 1.54) is 6.26 Å². The lowest BCUT2D eigenvalue weighted by Crippen LogP contribution is -2.44. The molecule has 2 rings (SSSR count). The first kappa shape index (κ1) is 16.2. The molecule has 0 amide bonds. The van der Waals surface area contributed by atoms with Gasteiger partial charge in [0, 0.05) is 38.8 Å². The van der Waals surface area contributed by atoms with Crippen molar-refractivity contribution in [2.45, 2.75) is 45.2 Å². The van der Waals surface area contributed by atoms with E-state index in [2.05, 4.69) is 18.7 Å². The summed E-state index contributed by atoms with van der Waals surface area (Å²) >= 11 is 0. The zero-order chi connectivity index (χ0) is 15.0. The van der Waals surface area contributed by atoms with Crippen molar-refractivity contribution in [1.29, 1.82) is 0 Å². The van der Waals surface area contributed by atoms with E-state index >= 15 is 0 Å². The summed E-state index contributed by atoms with van der Waals surface area (Å²) in [6.45, 7) is 7.65. The summed E-state index contributed by atoms with van der Waals surface area (Å²) in [6.07, 6.45) is 4.40. The maximum absolute atomic E-state index is 11.6. The van der Waals surface area contributed by atoms with Crippen LogP contribution in [0.3, 0.4) is 0 Å². The maximum atomic E-state index is 11.6. The SMILES string of the molecule is COC[C@@H]1CC2(CCN(S(C)(=O)=O)CC2)CN1C(C)C. The Bertz CT molecular complexity index is 428. The molecule has 6 heteroatoms. The Morgan fingerprint density at radius 3 is 2.35 bits per heavy atom. The van der Waals surface area contributed by atoms with Crippen molar-refractivity contribution in [1.82, 2.24) is 9.21 Å². The van der Waals surface area contributed by atoms with Crippen molar-refractivity contribution >= 4 is 10.0 Å². The van der Waals surface area contributed by atoms with Gasteiger partial charge in [-0.05, 0) is 38.5 Å². The second-order valence-electron chi connectivity index (χ2n) is 6.74. The maximum Gasteiger partial charge on any atom is 0.211 e. The lowest BCUT2D eigenvalue weighted by molar-refractivity contribution is 0.0969. The van der Waals surface area contributed by atoms with Gasteiger partial charge in [0.1, 0.15) is 0 Å². The van der Waals surface area contributed by atoms with E-state index in [9.17, 15) is 8.42 Å². The van der Waals surface area contributed by atoms with E-state index in [4.69, 9.17) is 4.74 Å². The smallest absolute Gasteiger partial charge is 0.211 e. The molecule has 5 nitrogen and oxygen atoms in total. The summed E-state index contributed by atoms with van der Waals surface area (Å²) in [5.74, 6) is 0. The van der Waals surface area contributed by atoms with Crippen molar-refractivity contribution in [3.05, 3.63) is 0 Å². The summed E-state index contributed by atoms with van der Waals surface area (Å²) in [5, 5.41) is 0. The molecule has 2 saturated heterocycles. The molecular weight excluding hydrogens is 276 g/mol. The van der Waals surface area contributed by atoms with Crippen LogP contribution in [0.1, 0.15) is 33.1 Å². The quantitative estimate of drug-likeness (QED) is 0.782. The van der Waals surface area contributed by atoms with Crippen LogP contribution in [0.5, 0.6) is 0 Å². The highest BCUT2D eigenvalue weighted by Gasteiger charge is 2.46. The van der Waals surface area contributed by atoms with E-state index < -0.39 is 10.0 Å². The van der Waals surface area contributed by atoms with Gasteiger partial charge in [0.25, 0.3) is 0 Å². The fraction of sp³-hybridized carbons (Fsp3) is 1.00. The van der Waals surface area contributed by atoms with E-state index in [-0.39, 0.29) is 5.41 Å². The van der Waals surface area contributed by atoms with Gasteiger partial charge in [0.05, 0.1) is 12.9 Å². The van der Waals surface area contributed by atoms with Crippen LogP contribution >= 0.6 is 0 Å². The Morgan fingerprint density at radius 2 is 1.90 bits per heavy atom. The lowest BCUT2D eigenvalue weighted by Gasteiger charge is -2.38. The molecule has 0 N–H and O–H groups in total. The Labute approximate surface area is 123 Å². The molecule has 0 radical (unpaired) electrons. The van der Waals surface area contributed by atoms with Crippen LogP contribution in [-0.4, -0.2) is 69.3 Å². The second kappa shape index (κ2) is 5.91. The highest BCUT2D eigenvalue weighted by molar-refractivity contribution is 7.88. The summed E-state index contributed by atoms with van der Waals surface area (Å²) < 4.78 is 30.2. The van der Waals surface area contributed by atoms with Gasteiger partial charge in [-0.2, -0.15) is 0 Å². The summed E-state index contributed by atoms with van der Waals surface area (Å²) in [7, 11) is -1.27. The van der Waals surface area contributed by atoms with Gasteiger partial charge in [-0.25, -0.2) is 12.7 Å². The predicted molar refractivity (Wildman–Crippen MR) is 80.2 cm³/mol. The third-order valence-corrected chi connectivity index (χ3v) is 6.23. The number of ether oxygens (including phenoxy) is 1. The minimum atomic E-state index is -3.03. The van der Waals surface area contributed by atoms with Crippen molar-refractivity contribution < 1.29 is 13.2 Å². The van der Waals surface area contributed by atoms with Crippen LogP contribution in [0.25, 0.3) is 0 Å². The molecule has 1 atom stereocenters. The molecule has 0 aromatic rings. The minimum absolute atomic E-state index is 0.286. The highest BCUT2D eigenvalue weighted by atomic mass is 32.2. The molecule has 0 bridgehead atoms. The normalized spacial score (nSPS) is 28.6. The molecule has 2 heterocycles. The number of piperidine rings is 1. The van der Waals surface area contributed by atoms with E-state index in [1.807, 2.05) is 0 Å². The molecule has 0 aromatic carbocycles. The molecule has 2 aliphatic heterocycles. The third kappa shape index (κ3) is 3.35. The lowest BCUT2D eigenvalue weighted by atomic mass is 9.77. The summed E-state index contributed by atoms with van der Waals surface area (Å²) in [6, 6.07) is 0.993. The monoisotopic (exact) mass is 304 g/mol. The number of likely N-dealkylation sites (tertiary alicyclic amines) is 1. The van der Waals surface area contributed by atoms with Crippen LogP contribution in [0.2, 0.25) is 0 Å². The zero-order valence-corrected chi connectivity index (χ0v) is 13.9.